The minimum Gasteiger partial charge on any atom is -0.457 e. The summed E-state index contributed by atoms with van der Waals surface area (Å²) in [4.78, 5) is 10.5. The van der Waals surface area contributed by atoms with Crippen molar-refractivity contribution in [3.63, 3.8) is 0 Å². The number of hydrogen-bond donors (Lipinski definition) is 0. The molecule has 11 heavy (non-hydrogen) atoms. The Bertz CT molecular complexity index is 144. The third kappa shape index (κ3) is 5.21. The molecule has 0 heterocycles. The van der Waals surface area contributed by atoms with Crippen molar-refractivity contribution in [1.82, 2.24) is 0 Å². The van der Waals surface area contributed by atoms with E-state index in [9.17, 15) is 13.6 Å². The SMILES string of the molecule is CC(Cl)(Cl)C(=O)OCC(F)F. The summed E-state index contributed by atoms with van der Waals surface area (Å²) >= 11 is 10.4. The third-order valence-electron chi connectivity index (χ3n) is 0.699. The van der Waals surface area contributed by atoms with Crippen molar-refractivity contribution >= 4 is 29.2 Å². The molecule has 66 valence electrons. The highest BCUT2D eigenvalue weighted by Gasteiger charge is 2.29. The molecule has 0 aliphatic heterocycles. The monoisotopic (exact) mass is 206 g/mol. The first-order chi connectivity index (χ1) is 4.84. The number of esters is 1. The van der Waals surface area contributed by atoms with E-state index >= 15 is 0 Å². The number of carbonyl (C=O) groups is 1. The largest absolute Gasteiger partial charge is 0.457 e. The van der Waals surface area contributed by atoms with E-state index in [1.807, 2.05) is 0 Å². The van der Waals surface area contributed by atoms with Crippen LogP contribution < -0.4 is 0 Å². The second-order valence-corrected chi connectivity index (χ2v) is 3.58. The molecule has 0 bridgehead atoms. The van der Waals surface area contributed by atoms with Crippen LogP contribution in [0, 0.1) is 0 Å². The summed E-state index contributed by atoms with van der Waals surface area (Å²) in [5.41, 5.74) is 0. The third-order valence-corrected chi connectivity index (χ3v) is 1.01. The van der Waals surface area contributed by atoms with Gasteiger partial charge in [0, 0.05) is 0 Å². The zero-order chi connectivity index (χ0) is 9.07. The molecule has 0 aliphatic carbocycles. The smallest absolute Gasteiger partial charge is 0.342 e. The molecule has 2 nitrogen and oxygen atoms in total. The first-order valence-corrected chi connectivity index (χ1v) is 3.43. The maximum Gasteiger partial charge on any atom is 0.342 e. The predicted molar refractivity (Wildman–Crippen MR) is 37.1 cm³/mol. The molecular formula is C5H6Cl2F2O2. The van der Waals surface area contributed by atoms with Crippen LogP contribution in [0.1, 0.15) is 6.92 Å². The highest BCUT2D eigenvalue weighted by molar-refractivity contribution is 6.57. The normalized spacial score (nSPS) is 11.8. The van der Waals surface area contributed by atoms with E-state index in [0.717, 1.165) is 6.92 Å². The van der Waals surface area contributed by atoms with Crippen LogP contribution >= 0.6 is 23.2 Å². The van der Waals surface area contributed by atoms with E-state index in [-0.39, 0.29) is 0 Å². The van der Waals surface area contributed by atoms with Crippen LogP contribution in [-0.4, -0.2) is 23.3 Å². The second-order valence-electron chi connectivity index (χ2n) is 1.88. The van der Waals surface area contributed by atoms with Crippen LogP contribution in [0.25, 0.3) is 0 Å². The molecule has 0 aromatic rings. The zero-order valence-corrected chi connectivity index (χ0v) is 7.12. The molecule has 0 radical (unpaired) electrons. The fourth-order valence-corrected chi connectivity index (χ4v) is 0.375. The topological polar surface area (TPSA) is 26.3 Å². The van der Waals surface area contributed by atoms with Gasteiger partial charge in [-0.1, -0.05) is 23.2 Å². The molecule has 0 aromatic carbocycles. The van der Waals surface area contributed by atoms with E-state index < -0.39 is 23.3 Å². The first kappa shape index (κ1) is 10.9. The van der Waals surface area contributed by atoms with Gasteiger partial charge in [-0.2, -0.15) is 0 Å². The molecule has 0 saturated carbocycles. The number of alkyl halides is 4. The average molecular weight is 207 g/mol. The molecule has 0 unspecified atom stereocenters. The molecule has 0 atom stereocenters. The molecule has 0 fully saturated rings. The Hall–Kier alpha value is -0.0900. The average Bonchev–Trinajstić information content (AvgIpc) is 1.80. The quantitative estimate of drug-likeness (QED) is 0.522. The molecule has 0 aliphatic rings. The zero-order valence-electron chi connectivity index (χ0n) is 5.61. The lowest BCUT2D eigenvalue weighted by molar-refractivity contribution is -0.148. The van der Waals surface area contributed by atoms with Gasteiger partial charge in [-0.25, -0.2) is 13.6 Å². The van der Waals surface area contributed by atoms with Crippen molar-refractivity contribution in [3.8, 4) is 0 Å². The van der Waals surface area contributed by atoms with E-state index in [1.165, 1.54) is 0 Å². The fraction of sp³-hybridized carbons (Fsp3) is 0.800. The van der Waals surface area contributed by atoms with Gasteiger partial charge in [0.25, 0.3) is 6.43 Å². The summed E-state index contributed by atoms with van der Waals surface area (Å²) in [7, 11) is 0. The molecule has 0 spiro atoms. The van der Waals surface area contributed by atoms with Gasteiger partial charge in [-0.3, -0.25) is 0 Å². The second kappa shape index (κ2) is 4.07. The van der Waals surface area contributed by atoms with Gasteiger partial charge in [-0.15, -0.1) is 0 Å². The van der Waals surface area contributed by atoms with Crippen molar-refractivity contribution in [2.45, 2.75) is 17.7 Å². The van der Waals surface area contributed by atoms with Crippen LogP contribution in [0.5, 0.6) is 0 Å². The highest BCUT2D eigenvalue weighted by Crippen LogP contribution is 2.21. The van der Waals surface area contributed by atoms with Crippen molar-refractivity contribution in [1.29, 1.82) is 0 Å². The lowest BCUT2D eigenvalue weighted by Crippen LogP contribution is -2.26. The van der Waals surface area contributed by atoms with Crippen LogP contribution in [0.4, 0.5) is 8.78 Å². The number of hydrogen-bond acceptors (Lipinski definition) is 2. The lowest BCUT2D eigenvalue weighted by Gasteiger charge is -2.11. The maximum absolute atomic E-state index is 11.4. The van der Waals surface area contributed by atoms with Gasteiger partial charge in [0.2, 0.25) is 4.33 Å². The minimum absolute atomic E-state index is 0.978. The fourth-order valence-electron chi connectivity index (χ4n) is 0.265. The van der Waals surface area contributed by atoms with Crippen molar-refractivity contribution < 1.29 is 18.3 Å². The Labute approximate surface area is 72.4 Å². The van der Waals surface area contributed by atoms with Crippen LogP contribution in [0.15, 0.2) is 0 Å². The summed E-state index contributed by atoms with van der Waals surface area (Å²) in [6.07, 6.45) is -2.70. The van der Waals surface area contributed by atoms with Crippen molar-refractivity contribution in [3.05, 3.63) is 0 Å². The number of ether oxygens (including phenoxy) is 1. The summed E-state index contributed by atoms with van der Waals surface area (Å²) in [6.45, 7) is 0.164. The maximum atomic E-state index is 11.4. The molecule has 0 saturated heterocycles. The minimum atomic E-state index is -2.70. The first-order valence-electron chi connectivity index (χ1n) is 2.67. The summed E-state index contributed by atoms with van der Waals surface area (Å²) in [5.74, 6) is -1.07. The summed E-state index contributed by atoms with van der Waals surface area (Å²) in [6, 6.07) is 0. The molecule has 0 amide bonds. The van der Waals surface area contributed by atoms with E-state index in [4.69, 9.17) is 23.2 Å². The molecular weight excluding hydrogens is 201 g/mol. The standard InChI is InChI=1S/C5H6Cl2F2O2/c1-5(6,7)4(10)11-2-3(8)9/h3H,2H2,1H3. The Morgan fingerprint density at radius 2 is 2.09 bits per heavy atom. The van der Waals surface area contributed by atoms with Crippen molar-refractivity contribution in [2.24, 2.45) is 0 Å². The summed E-state index contributed by atoms with van der Waals surface area (Å²) < 4.78 is 25.1. The van der Waals surface area contributed by atoms with Crippen LogP contribution in [0.3, 0.4) is 0 Å². The Morgan fingerprint density at radius 1 is 1.64 bits per heavy atom. The van der Waals surface area contributed by atoms with Gasteiger partial charge in [0.05, 0.1) is 0 Å². The van der Waals surface area contributed by atoms with E-state index in [1.54, 1.807) is 0 Å². The summed E-state index contributed by atoms with van der Waals surface area (Å²) in [5, 5.41) is 0. The van der Waals surface area contributed by atoms with E-state index in [2.05, 4.69) is 4.74 Å². The number of rotatable bonds is 3. The van der Waals surface area contributed by atoms with Gasteiger partial charge in [-0.05, 0) is 6.92 Å². The Kier molecular flexibility index (Phi) is 4.03. The number of carbonyl (C=O) groups excluding carboxylic acids is 1. The van der Waals surface area contributed by atoms with E-state index in [0.29, 0.717) is 0 Å². The van der Waals surface area contributed by atoms with Gasteiger partial charge >= 0.3 is 5.97 Å². The Morgan fingerprint density at radius 3 is 2.36 bits per heavy atom. The molecule has 0 rings (SSSR count). The van der Waals surface area contributed by atoms with Gasteiger partial charge in [0.1, 0.15) is 0 Å². The molecule has 6 heteroatoms. The molecule has 0 N–H and O–H groups in total. The molecule has 0 aromatic heterocycles. The van der Waals surface area contributed by atoms with Crippen LogP contribution in [-0.2, 0) is 9.53 Å². The van der Waals surface area contributed by atoms with Crippen LogP contribution in [0.2, 0.25) is 0 Å². The van der Waals surface area contributed by atoms with Gasteiger partial charge < -0.3 is 4.74 Å². The van der Waals surface area contributed by atoms with Crippen molar-refractivity contribution in [2.75, 3.05) is 6.61 Å². The lowest BCUT2D eigenvalue weighted by atomic mass is 10.5. The number of halogens is 4. The Balaban J connectivity index is 3.71. The van der Waals surface area contributed by atoms with Gasteiger partial charge in [0.15, 0.2) is 6.61 Å². The highest BCUT2D eigenvalue weighted by atomic mass is 35.5. The predicted octanol–water partition coefficient (Wildman–Crippen LogP) is 1.99.